The van der Waals surface area contributed by atoms with E-state index in [2.05, 4.69) is 0 Å². The Bertz CT molecular complexity index is 594. The van der Waals surface area contributed by atoms with Crippen LogP contribution in [-0.2, 0) is 6.18 Å². The third-order valence-electron chi connectivity index (χ3n) is 2.86. The largest absolute Gasteiger partial charge is 0.493 e. The zero-order valence-electron chi connectivity index (χ0n) is 11.9. The number of rotatable bonds is 6. The van der Waals surface area contributed by atoms with Crippen molar-refractivity contribution in [1.29, 1.82) is 0 Å². The van der Waals surface area contributed by atoms with Crippen molar-refractivity contribution in [3.8, 4) is 17.2 Å². The summed E-state index contributed by atoms with van der Waals surface area (Å²) in [5.41, 5.74) is -0.704. The fourth-order valence-corrected chi connectivity index (χ4v) is 1.79. The maximum absolute atomic E-state index is 12.4. The molecule has 0 aliphatic rings. The minimum atomic E-state index is -4.34. The van der Waals surface area contributed by atoms with Crippen LogP contribution in [0.1, 0.15) is 5.56 Å². The van der Waals surface area contributed by atoms with Crippen LogP contribution in [0.5, 0.6) is 17.2 Å². The number of ether oxygens (including phenoxy) is 3. The molecule has 2 aromatic rings. The molecule has 0 unspecified atom stereocenters. The van der Waals surface area contributed by atoms with Gasteiger partial charge in [0.05, 0.1) is 12.7 Å². The second-order valence-corrected chi connectivity index (χ2v) is 4.37. The average molecular weight is 312 g/mol. The van der Waals surface area contributed by atoms with Crippen molar-refractivity contribution < 1.29 is 27.4 Å². The topological polar surface area (TPSA) is 27.7 Å². The molecule has 0 aliphatic carbocycles. The molecule has 2 aromatic carbocycles. The van der Waals surface area contributed by atoms with Gasteiger partial charge in [0.15, 0.2) is 11.5 Å². The van der Waals surface area contributed by atoms with Crippen LogP contribution in [0.2, 0.25) is 0 Å². The number of methoxy groups -OCH3 is 1. The Labute approximate surface area is 126 Å². The van der Waals surface area contributed by atoms with Crippen LogP contribution in [0.3, 0.4) is 0 Å². The molecule has 0 bridgehead atoms. The lowest BCUT2D eigenvalue weighted by molar-refractivity contribution is -0.137. The van der Waals surface area contributed by atoms with Crippen molar-refractivity contribution in [2.75, 3.05) is 20.3 Å². The van der Waals surface area contributed by atoms with Crippen LogP contribution < -0.4 is 14.2 Å². The molecule has 0 heterocycles. The van der Waals surface area contributed by atoms with Gasteiger partial charge in [-0.25, -0.2) is 0 Å². The third-order valence-corrected chi connectivity index (χ3v) is 2.86. The van der Waals surface area contributed by atoms with E-state index in [1.807, 2.05) is 12.1 Å². The lowest BCUT2D eigenvalue weighted by atomic mass is 10.2. The van der Waals surface area contributed by atoms with E-state index in [0.29, 0.717) is 17.2 Å². The highest BCUT2D eigenvalue weighted by molar-refractivity contribution is 5.39. The number of benzene rings is 2. The van der Waals surface area contributed by atoms with Gasteiger partial charge in [-0.2, -0.15) is 13.2 Å². The van der Waals surface area contributed by atoms with Crippen LogP contribution >= 0.6 is 0 Å². The molecule has 0 amide bonds. The Morgan fingerprint density at radius 1 is 0.818 bits per heavy atom. The van der Waals surface area contributed by atoms with Crippen molar-refractivity contribution in [2.24, 2.45) is 0 Å². The summed E-state index contributed by atoms with van der Waals surface area (Å²) < 4.78 is 53.2. The Morgan fingerprint density at radius 2 is 1.41 bits per heavy atom. The number of hydrogen-bond acceptors (Lipinski definition) is 3. The summed E-state index contributed by atoms with van der Waals surface area (Å²) in [5.74, 6) is 1.55. The van der Waals surface area contributed by atoms with E-state index in [1.165, 1.54) is 12.1 Å². The van der Waals surface area contributed by atoms with E-state index < -0.39 is 11.7 Å². The molecule has 0 atom stereocenters. The van der Waals surface area contributed by atoms with Gasteiger partial charge in [-0.1, -0.05) is 12.1 Å². The number of para-hydroxylation sites is 2. The van der Waals surface area contributed by atoms with Crippen molar-refractivity contribution in [3.63, 3.8) is 0 Å². The van der Waals surface area contributed by atoms with Crippen LogP contribution in [0.15, 0.2) is 48.5 Å². The molecule has 0 spiro atoms. The van der Waals surface area contributed by atoms with E-state index in [4.69, 9.17) is 14.2 Å². The second kappa shape index (κ2) is 7.06. The minimum absolute atomic E-state index is 0.212. The molecule has 118 valence electrons. The van der Waals surface area contributed by atoms with E-state index >= 15 is 0 Å². The van der Waals surface area contributed by atoms with Gasteiger partial charge in [-0.15, -0.1) is 0 Å². The molecule has 22 heavy (non-hydrogen) atoms. The van der Waals surface area contributed by atoms with Crippen LogP contribution in [0.4, 0.5) is 13.2 Å². The summed E-state index contributed by atoms with van der Waals surface area (Å²) in [5, 5.41) is 0. The fourth-order valence-electron chi connectivity index (χ4n) is 1.79. The van der Waals surface area contributed by atoms with Gasteiger partial charge in [0.1, 0.15) is 19.0 Å². The van der Waals surface area contributed by atoms with Crippen LogP contribution in [0.25, 0.3) is 0 Å². The molecule has 0 aromatic heterocycles. The second-order valence-electron chi connectivity index (χ2n) is 4.37. The van der Waals surface area contributed by atoms with E-state index in [-0.39, 0.29) is 13.2 Å². The van der Waals surface area contributed by atoms with Gasteiger partial charge in [-0.3, -0.25) is 0 Å². The van der Waals surface area contributed by atoms with E-state index in [1.54, 1.807) is 19.2 Å². The van der Waals surface area contributed by atoms with Crippen LogP contribution in [0, 0.1) is 0 Å². The summed E-state index contributed by atoms with van der Waals surface area (Å²) >= 11 is 0. The molecular weight excluding hydrogens is 297 g/mol. The molecular formula is C16H15F3O3. The molecule has 0 saturated carbocycles. The number of alkyl halides is 3. The van der Waals surface area contributed by atoms with Gasteiger partial charge >= 0.3 is 6.18 Å². The molecule has 6 heteroatoms. The molecule has 0 fully saturated rings. The van der Waals surface area contributed by atoms with Crippen molar-refractivity contribution >= 4 is 0 Å². The zero-order valence-corrected chi connectivity index (χ0v) is 11.9. The standard InChI is InChI=1S/C16H15F3O3/c1-20-14-4-2-3-5-15(14)22-11-10-21-13-8-6-12(7-9-13)16(17,18)19/h2-9H,10-11H2,1H3. The first-order valence-electron chi connectivity index (χ1n) is 6.56. The zero-order chi connectivity index (χ0) is 16.0. The van der Waals surface area contributed by atoms with Crippen LogP contribution in [-0.4, -0.2) is 20.3 Å². The minimum Gasteiger partial charge on any atom is -0.493 e. The molecule has 0 radical (unpaired) electrons. The first kappa shape index (κ1) is 16.0. The number of hydrogen-bond donors (Lipinski definition) is 0. The van der Waals surface area contributed by atoms with Crippen molar-refractivity contribution in [1.82, 2.24) is 0 Å². The lowest BCUT2D eigenvalue weighted by Crippen LogP contribution is -2.10. The highest BCUT2D eigenvalue weighted by atomic mass is 19.4. The monoisotopic (exact) mass is 312 g/mol. The highest BCUT2D eigenvalue weighted by Crippen LogP contribution is 2.30. The summed E-state index contributed by atoms with van der Waals surface area (Å²) in [6.45, 7) is 0.463. The first-order valence-corrected chi connectivity index (χ1v) is 6.56. The first-order chi connectivity index (χ1) is 10.5. The lowest BCUT2D eigenvalue weighted by Gasteiger charge is -2.11. The van der Waals surface area contributed by atoms with Crippen molar-refractivity contribution in [3.05, 3.63) is 54.1 Å². The quantitative estimate of drug-likeness (QED) is 0.749. The van der Waals surface area contributed by atoms with E-state index in [9.17, 15) is 13.2 Å². The molecule has 3 nitrogen and oxygen atoms in total. The predicted molar refractivity (Wildman–Crippen MR) is 75.4 cm³/mol. The highest BCUT2D eigenvalue weighted by Gasteiger charge is 2.29. The predicted octanol–water partition coefficient (Wildman–Crippen LogP) is 4.17. The molecule has 0 aliphatic heterocycles. The molecule has 2 rings (SSSR count). The summed E-state index contributed by atoms with van der Waals surface area (Å²) in [7, 11) is 1.54. The maximum Gasteiger partial charge on any atom is 0.416 e. The normalized spacial score (nSPS) is 11.1. The fraction of sp³-hybridized carbons (Fsp3) is 0.250. The molecule has 0 N–H and O–H groups in total. The maximum atomic E-state index is 12.4. The average Bonchev–Trinajstić information content (AvgIpc) is 2.51. The van der Waals surface area contributed by atoms with E-state index in [0.717, 1.165) is 12.1 Å². The Hall–Kier alpha value is -2.37. The van der Waals surface area contributed by atoms with Gasteiger partial charge < -0.3 is 14.2 Å². The molecule has 0 saturated heterocycles. The third kappa shape index (κ3) is 4.31. The van der Waals surface area contributed by atoms with Gasteiger partial charge in [-0.05, 0) is 36.4 Å². The summed E-state index contributed by atoms with van der Waals surface area (Å²) in [6.07, 6.45) is -4.34. The summed E-state index contributed by atoms with van der Waals surface area (Å²) in [4.78, 5) is 0. The SMILES string of the molecule is COc1ccccc1OCCOc1ccc(C(F)(F)F)cc1. The van der Waals surface area contributed by atoms with Gasteiger partial charge in [0.2, 0.25) is 0 Å². The van der Waals surface area contributed by atoms with Gasteiger partial charge in [0, 0.05) is 0 Å². The Balaban J connectivity index is 1.82. The van der Waals surface area contributed by atoms with Crippen molar-refractivity contribution in [2.45, 2.75) is 6.18 Å². The van der Waals surface area contributed by atoms with Gasteiger partial charge in [0.25, 0.3) is 0 Å². The Morgan fingerprint density at radius 3 is 2.00 bits per heavy atom. The number of halogens is 3. The summed E-state index contributed by atoms with van der Waals surface area (Å²) in [6, 6.07) is 11.7. The smallest absolute Gasteiger partial charge is 0.416 e. The Kier molecular flexibility index (Phi) is 5.14.